The number of hydrogen-bond donors (Lipinski definition) is 1. The number of carbonyl (C=O) groups excluding carboxylic acids is 1. The molecule has 0 spiro atoms. The number of fused-ring (bicyclic) bond motifs is 2. The van der Waals surface area contributed by atoms with E-state index in [1.165, 1.54) is 0 Å². The summed E-state index contributed by atoms with van der Waals surface area (Å²) in [6.07, 6.45) is 5.98. The number of thiazole rings is 1. The van der Waals surface area contributed by atoms with Crippen LogP contribution in [0.5, 0.6) is 0 Å². The summed E-state index contributed by atoms with van der Waals surface area (Å²) in [7, 11) is 0. The molecule has 1 aliphatic carbocycles. The third-order valence-electron chi connectivity index (χ3n) is 4.65. The van der Waals surface area contributed by atoms with Crippen molar-refractivity contribution < 1.29 is 9.90 Å². The van der Waals surface area contributed by atoms with Crippen molar-refractivity contribution in [2.75, 3.05) is 13.1 Å². The molecule has 106 valence electrons. The Kier molecular flexibility index (Phi) is 2.82. The number of aliphatic hydroxyl groups is 1. The van der Waals surface area contributed by atoms with Gasteiger partial charge in [-0.15, -0.1) is 11.3 Å². The quantitative estimate of drug-likeness (QED) is 0.903. The number of aromatic nitrogens is 2. The molecule has 2 aromatic rings. The molecule has 1 amide bonds. The van der Waals surface area contributed by atoms with Crippen molar-refractivity contribution in [3.63, 3.8) is 0 Å². The first-order valence-corrected chi connectivity index (χ1v) is 7.95. The minimum absolute atomic E-state index is 0.136. The maximum Gasteiger partial charge on any atom is 0.228 e. The van der Waals surface area contributed by atoms with Crippen LogP contribution in [0.3, 0.4) is 0 Å². The van der Waals surface area contributed by atoms with Gasteiger partial charge in [-0.25, -0.2) is 4.98 Å². The SMILES string of the molecule is O=C(Cc1cn2ccsc2n1)N1CC2CCC(O)C2C1. The molecule has 6 heteroatoms. The molecule has 2 aliphatic rings. The van der Waals surface area contributed by atoms with E-state index in [1.54, 1.807) is 11.3 Å². The molecule has 3 atom stereocenters. The van der Waals surface area contributed by atoms with Gasteiger partial charge >= 0.3 is 0 Å². The van der Waals surface area contributed by atoms with Crippen molar-refractivity contribution in [1.82, 2.24) is 14.3 Å². The van der Waals surface area contributed by atoms with E-state index < -0.39 is 0 Å². The van der Waals surface area contributed by atoms with Crippen molar-refractivity contribution in [3.8, 4) is 0 Å². The van der Waals surface area contributed by atoms with E-state index in [-0.39, 0.29) is 12.0 Å². The van der Waals surface area contributed by atoms with E-state index in [0.717, 1.165) is 30.0 Å². The third-order valence-corrected chi connectivity index (χ3v) is 5.42. The van der Waals surface area contributed by atoms with Gasteiger partial charge in [0, 0.05) is 36.8 Å². The third kappa shape index (κ3) is 1.94. The lowest BCUT2D eigenvalue weighted by Crippen LogP contribution is -2.32. The normalized spacial score (nSPS) is 29.2. The lowest BCUT2D eigenvalue weighted by atomic mass is 10.00. The summed E-state index contributed by atoms with van der Waals surface area (Å²) < 4.78 is 1.95. The Balaban J connectivity index is 1.44. The molecule has 3 heterocycles. The van der Waals surface area contributed by atoms with Gasteiger partial charge in [-0.3, -0.25) is 9.20 Å². The summed E-state index contributed by atoms with van der Waals surface area (Å²) >= 11 is 1.58. The molecule has 2 aromatic heterocycles. The standard InChI is InChI=1S/C14H17N3O2S/c18-12-2-1-9-6-17(8-11(9)12)13(19)5-10-7-16-3-4-20-14(16)15-10/h3-4,7,9,11-12,18H,1-2,5-6,8H2. The van der Waals surface area contributed by atoms with Crippen LogP contribution in [0.25, 0.3) is 4.96 Å². The summed E-state index contributed by atoms with van der Waals surface area (Å²) in [5.41, 5.74) is 0.833. The second-order valence-corrected chi connectivity index (χ2v) is 6.74. The number of rotatable bonds is 2. The Morgan fingerprint density at radius 3 is 3.15 bits per heavy atom. The van der Waals surface area contributed by atoms with Crippen LogP contribution in [-0.2, 0) is 11.2 Å². The van der Waals surface area contributed by atoms with Crippen LogP contribution in [0.2, 0.25) is 0 Å². The number of likely N-dealkylation sites (tertiary alicyclic amines) is 1. The Morgan fingerprint density at radius 2 is 2.35 bits per heavy atom. The zero-order chi connectivity index (χ0) is 13.7. The van der Waals surface area contributed by atoms with Gasteiger partial charge in [-0.1, -0.05) is 0 Å². The summed E-state index contributed by atoms with van der Waals surface area (Å²) in [4.78, 5) is 19.6. The fourth-order valence-electron chi connectivity index (χ4n) is 3.57. The molecule has 3 unspecified atom stereocenters. The van der Waals surface area contributed by atoms with Gasteiger partial charge in [0.1, 0.15) is 0 Å². The fraction of sp³-hybridized carbons (Fsp3) is 0.571. The van der Waals surface area contributed by atoms with E-state index in [4.69, 9.17) is 0 Å². The first kappa shape index (κ1) is 12.3. The smallest absolute Gasteiger partial charge is 0.228 e. The van der Waals surface area contributed by atoms with Crippen LogP contribution in [0.15, 0.2) is 17.8 Å². The number of imidazole rings is 1. The zero-order valence-corrected chi connectivity index (χ0v) is 11.9. The highest BCUT2D eigenvalue weighted by molar-refractivity contribution is 7.15. The molecule has 1 saturated carbocycles. The van der Waals surface area contributed by atoms with Crippen molar-refractivity contribution in [2.45, 2.75) is 25.4 Å². The summed E-state index contributed by atoms with van der Waals surface area (Å²) in [6, 6.07) is 0. The molecule has 1 aliphatic heterocycles. The van der Waals surface area contributed by atoms with Crippen molar-refractivity contribution in [1.29, 1.82) is 0 Å². The Hall–Kier alpha value is -1.40. The molecule has 1 saturated heterocycles. The average Bonchev–Trinajstić information content (AvgIpc) is 3.11. The van der Waals surface area contributed by atoms with Gasteiger partial charge < -0.3 is 10.0 Å². The topological polar surface area (TPSA) is 57.8 Å². The van der Waals surface area contributed by atoms with Gasteiger partial charge in [0.05, 0.1) is 18.2 Å². The number of aliphatic hydroxyl groups excluding tert-OH is 1. The largest absolute Gasteiger partial charge is 0.393 e. The molecule has 0 bridgehead atoms. The van der Waals surface area contributed by atoms with E-state index in [0.29, 0.717) is 24.8 Å². The van der Waals surface area contributed by atoms with E-state index in [1.807, 2.05) is 27.1 Å². The summed E-state index contributed by atoms with van der Waals surface area (Å²) in [5.74, 6) is 0.932. The average molecular weight is 291 g/mol. The Labute approximate surface area is 120 Å². The lowest BCUT2D eigenvalue weighted by molar-refractivity contribution is -0.129. The van der Waals surface area contributed by atoms with Gasteiger partial charge in [0.2, 0.25) is 5.91 Å². The van der Waals surface area contributed by atoms with E-state index in [9.17, 15) is 9.90 Å². The molecule has 20 heavy (non-hydrogen) atoms. The van der Waals surface area contributed by atoms with Crippen molar-refractivity contribution in [2.24, 2.45) is 11.8 Å². The van der Waals surface area contributed by atoms with Gasteiger partial charge in [-0.05, 0) is 18.8 Å². The minimum atomic E-state index is -0.212. The van der Waals surface area contributed by atoms with Crippen molar-refractivity contribution >= 4 is 22.2 Å². The van der Waals surface area contributed by atoms with Gasteiger partial charge in [0.25, 0.3) is 0 Å². The molecule has 0 radical (unpaired) electrons. The molecule has 2 fully saturated rings. The second-order valence-electron chi connectivity index (χ2n) is 5.87. The maximum atomic E-state index is 12.3. The number of hydrogen-bond acceptors (Lipinski definition) is 4. The molecule has 4 rings (SSSR count). The molecule has 5 nitrogen and oxygen atoms in total. The van der Waals surface area contributed by atoms with E-state index >= 15 is 0 Å². The van der Waals surface area contributed by atoms with Crippen LogP contribution < -0.4 is 0 Å². The predicted molar refractivity (Wildman–Crippen MR) is 75.6 cm³/mol. The van der Waals surface area contributed by atoms with Gasteiger partial charge in [0.15, 0.2) is 4.96 Å². The maximum absolute atomic E-state index is 12.3. The first-order chi connectivity index (χ1) is 9.70. The van der Waals surface area contributed by atoms with Crippen LogP contribution in [0.1, 0.15) is 18.5 Å². The molecular formula is C14H17N3O2S. The lowest BCUT2D eigenvalue weighted by Gasteiger charge is -2.17. The molecule has 1 N–H and O–H groups in total. The van der Waals surface area contributed by atoms with Gasteiger partial charge in [-0.2, -0.15) is 0 Å². The number of carbonyl (C=O) groups is 1. The Bertz CT molecular complexity index is 621. The fourth-order valence-corrected chi connectivity index (χ4v) is 4.29. The van der Waals surface area contributed by atoms with Crippen molar-refractivity contribution in [3.05, 3.63) is 23.5 Å². The highest BCUT2D eigenvalue weighted by Gasteiger charge is 2.43. The van der Waals surface area contributed by atoms with Crippen LogP contribution >= 0.6 is 11.3 Å². The highest BCUT2D eigenvalue weighted by atomic mass is 32.1. The number of amides is 1. The second kappa shape index (κ2) is 4.56. The first-order valence-electron chi connectivity index (χ1n) is 7.07. The summed E-state index contributed by atoms with van der Waals surface area (Å²) in [6.45, 7) is 1.52. The monoisotopic (exact) mass is 291 g/mol. The van der Waals surface area contributed by atoms with Crippen LogP contribution in [0.4, 0.5) is 0 Å². The molecule has 0 aromatic carbocycles. The minimum Gasteiger partial charge on any atom is -0.393 e. The Morgan fingerprint density at radius 1 is 1.45 bits per heavy atom. The predicted octanol–water partition coefficient (Wildman–Crippen LogP) is 1.17. The summed E-state index contributed by atoms with van der Waals surface area (Å²) in [5, 5.41) is 11.9. The zero-order valence-electron chi connectivity index (χ0n) is 11.1. The molecular weight excluding hydrogens is 274 g/mol. The van der Waals surface area contributed by atoms with Crippen LogP contribution in [-0.4, -0.2) is 44.5 Å². The number of nitrogens with zero attached hydrogens (tertiary/aromatic N) is 3. The van der Waals surface area contributed by atoms with E-state index in [2.05, 4.69) is 4.98 Å². The van der Waals surface area contributed by atoms with Crippen LogP contribution in [0, 0.1) is 11.8 Å². The highest BCUT2D eigenvalue weighted by Crippen LogP contribution is 2.38.